The van der Waals surface area contributed by atoms with Gasteiger partial charge < -0.3 is 9.26 Å². The van der Waals surface area contributed by atoms with Gasteiger partial charge in [0.15, 0.2) is 5.82 Å². The lowest BCUT2D eigenvalue weighted by Gasteiger charge is -2.37. The van der Waals surface area contributed by atoms with Gasteiger partial charge in [-0.2, -0.15) is 4.98 Å². The molecule has 1 aliphatic rings. The Hall–Kier alpha value is -2.21. The number of rotatable bonds is 11. The van der Waals surface area contributed by atoms with Crippen LogP contribution < -0.4 is 0 Å². The highest BCUT2D eigenvalue weighted by Gasteiger charge is 2.32. The Morgan fingerprint density at radius 1 is 1.19 bits per heavy atom. The lowest BCUT2D eigenvalue weighted by Crippen LogP contribution is -2.45. The van der Waals surface area contributed by atoms with Crippen molar-refractivity contribution in [3.05, 3.63) is 47.6 Å². The fraction of sp³-hybridized carbons (Fsp3) is 0.640. The van der Waals surface area contributed by atoms with E-state index < -0.39 is 0 Å². The molecule has 0 aliphatic carbocycles. The Kier molecular flexibility index (Phi) is 9.07. The van der Waals surface area contributed by atoms with Crippen LogP contribution in [-0.2, 0) is 22.5 Å². The molecule has 1 aliphatic heterocycles. The molecule has 1 unspecified atom stereocenters. The van der Waals surface area contributed by atoms with Crippen molar-refractivity contribution >= 4 is 5.97 Å². The molecule has 2 heterocycles. The molecule has 31 heavy (non-hydrogen) atoms. The van der Waals surface area contributed by atoms with Gasteiger partial charge in [0.1, 0.15) is 6.10 Å². The molecule has 6 nitrogen and oxygen atoms in total. The number of hydrogen-bond donors (Lipinski definition) is 0. The highest BCUT2D eigenvalue weighted by Crippen LogP contribution is 2.27. The van der Waals surface area contributed by atoms with Gasteiger partial charge in [-0.05, 0) is 43.7 Å². The number of hydrogen-bond acceptors (Lipinski definition) is 6. The van der Waals surface area contributed by atoms with E-state index in [0.717, 1.165) is 68.9 Å². The van der Waals surface area contributed by atoms with Crippen LogP contribution >= 0.6 is 0 Å². The maximum atomic E-state index is 12.5. The molecule has 0 N–H and O–H groups in total. The van der Waals surface area contributed by atoms with Gasteiger partial charge in [-0.1, -0.05) is 69.1 Å². The van der Waals surface area contributed by atoms with Gasteiger partial charge in [-0.15, -0.1) is 0 Å². The fourth-order valence-corrected chi connectivity index (χ4v) is 4.53. The third-order valence-corrected chi connectivity index (χ3v) is 6.25. The SMILES string of the molecule is CCCC(CCC)c1nc(CN2CCC(CC)[C@@H](OC(=O)Cc3ccccc3)C2)no1. The van der Waals surface area contributed by atoms with Crippen LogP contribution in [0.4, 0.5) is 0 Å². The van der Waals surface area contributed by atoms with E-state index in [2.05, 4.69) is 30.8 Å². The summed E-state index contributed by atoms with van der Waals surface area (Å²) in [5.41, 5.74) is 0.987. The monoisotopic (exact) mass is 427 g/mol. The van der Waals surface area contributed by atoms with E-state index in [9.17, 15) is 4.79 Å². The molecule has 0 saturated carbocycles. The lowest BCUT2D eigenvalue weighted by molar-refractivity contribution is -0.154. The maximum Gasteiger partial charge on any atom is 0.310 e. The van der Waals surface area contributed by atoms with Crippen LogP contribution in [0, 0.1) is 5.92 Å². The molecule has 0 spiro atoms. The second-order valence-corrected chi connectivity index (χ2v) is 8.71. The molecule has 0 radical (unpaired) electrons. The number of piperidine rings is 1. The van der Waals surface area contributed by atoms with Gasteiger partial charge in [-0.3, -0.25) is 9.69 Å². The van der Waals surface area contributed by atoms with Crippen LogP contribution in [0.3, 0.4) is 0 Å². The Bertz CT molecular complexity index is 786. The van der Waals surface area contributed by atoms with Gasteiger partial charge >= 0.3 is 5.97 Å². The van der Waals surface area contributed by atoms with Crippen LogP contribution in [-0.4, -0.2) is 40.2 Å². The first-order valence-electron chi connectivity index (χ1n) is 11.9. The molecular formula is C25H37N3O3. The zero-order valence-electron chi connectivity index (χ0n) is 19.3. The van der Waals surface area contributed by atoms with E-state index in [1.807, 2.05) is 30.3 Å². The Labute approximate surface area is 186 Å². The van der Waals surface area contributed by atoms with Crippen LogP contribution in [0.5, 0.6) is 0 Å². The minimum absolute atomic E-state index is 0.0886. The van der Waals surface area contributed by atoms with Crippen molar-refractivity contribution in [3.63, 3.8) is 0 Å². The Morgan fingerprint density at radius 3 is 2.61 bits per heavy atom. The summed E-state index contributed by atoms with van der Waals surface area (Å²) in [6.07, 6.45) is 6.64. The number of nitrogens with zero attached hydrogens (tertiary/aromatic N) is 3. The summed E-state index contributed by atoms with van der Waals surface area (Å²) in [7, 11) is 0. The summed E-state index contributed by atoms with van der Waals surface area (Å²) in [5.74, 6) is 2.11. The molecule has 0 bridgehead atoms. The molecule has 3 rings (SSSR count). The Morgan fingerprint density at radius 2 is 1.94 bits per heavy atom. The quantitative estimate of drug-likeness (QED) is 0.463. The average molecular weight is 428 g/mol. The van der Waals surface area contributed by atoms with Gasteiger partial charge in [0, 0.05) is 12.5 Å². The molecule has 1 aromatic carbocycles. The third-order valence-electron chi connectivity index (χ3n) is 6.25. The number of aromatic nitrogens is 2. The minimum atomic E-state index is -0.152. The molecule has 2 atom stereocenters. The van der Waals surface area contributed by atoms with Gasteiger partial charge in [0.05, 0.1) is 13.0 Å². The van der Waals surface area contributed by atoms with Gasteiger partial charge in [0.25, 0.3) is 0 Å². The van der Waals surface area contributed by atoms with Crippen LogP contribution in [0.15, 0.2) is 34.9 Å². The topological polar surface area (TPSA) is 68.5 Å². The lowest BCUT2D eigenvalue weighted by atomic mass is 9.91. The molecule has 170 valence electrons. The molecule has 2 aromatic rings. The molecule has 1 aromatic heterocycles. The standard InChI is InChI=1S/C25H37N3O3/c1-4-10-21(11-5-2)25-26-23(27-31-25)18-28-15-14-20(6-3)22(17-28)30-24(29)16-19-12-8-7-9-13-19/h7-9,12-13,20-22H,4-6,10-11,14-18H2,1-3H3/t20?,22-/m0/s1. The van der Waals surface area contributed by atoms with E-state index >= 15 is 0 Å². The van der Waals surface area contributed by atoms with Crippen LogP contribution in [0.25, 0.3) is 0 Å². The predicted molar refractivity (Wildman–Crippen MR) is 121 cm³/mol. The highest BCUT2D eigenvalue weighted by atomic mass is 16.5. The van der Waals surface area contributed by atoms with Crippen molar-refractivity contribution in [2.75, 3.05) is 13.1 Å². The van der Waals surface area contributed by atoms with E-state index in [1.54, 1.807) is 0 Å². The number of carbonyl (C=O) groups is 1. The number of esters is 1. The second kappa shape index (κ2) is 12.0. The first-order valence-corrected chi connectivity index (χ1v) is 11.9. The van der Waals surface area contributed by atoms with Crippen LogP contribution in [0.2, 0.25) is 0 Å². The largest absolute Gasteiger partial charge is 0.460 e. The summed E-state index contributed by atoms with van der Waals surface area (Å²) in [6.45, 7) is 8.87. The van der Waals surface area contributed by atoms with Crippen molar-refractivity contribution in [1.29, 1.82) is 0 Å². The normalized spacial score (nSPS) is 19.6. The molecular weight excluding hydrogens is 390 g/mol. The van der Waals surface area contributed by atoms with Crippen molar-refractivity contribution in [2.45, 2.75) is 84.3 Å². The number of carbonyl (C=O) groups excluding carboxylic acids is 1. The molecule has 6 heteroatoms. The number of likely N-dealkylation sites (tertiary alicyclic amines) is 1. The van der Waals surface area contributed by atoms with Crippen molar-refractivity contribution < 1.29 is 14.1 Å². The van der Waals surface area contributed by atoms with E-state index in [1.165, 1.54) is 0 Å². The average Bonchev–Trinajstić information content (AvgIpc) is 3.23. The summed E-state index contributed by atoms with van der Waals surface area (Å²) in [5, 5.41) is 4.24. The number of benzene rings is 1. The highest BCUT2D eigenvalue weighted by molar-refractivity contribution is 5.72. The van der Waals surface area contributed by atoms with Gasteiger partial charge in [-0.25, -0.2) is 0 Å². The predicted octanol–water partition coefficient (Wildman–Crippen LogP) is 5.14. The van der Waals surface area contributed by atoms with Crippen molar-refractivity contribution in [3.8, 4) is 0 Å². The maximum absolute atomic E-state index is 12.5. The number of ether oxygens (including phenoxy) is 1. The van der Waals surface area contributed by atoms with Crippen molar-refractivity contribution in [2.24, 2.45) is 5.92 Å². The Balaban J connectivity index is 1.57. The third kappa shape index (κ3) is 6.89. The molecule has 0 amide bonds. The smallest absolute Gasteiger partial charge is 0.310 e. The zero-order valence-corrected chi connectivity index (χ0v) is 19.3. The first-order chi connectivity index (χ1) is 15.1. The van der Waals surface area contributed by atoms with Crippen LogP contribution in [0.1, 0.15) is 82.5 Å². The van der Waals surface area contributed by atoms with E-state index in [0.29, 0.717) is 24.8 Å². The summed E-state index contributed by atoms with van der Waals surface area (Å²) in [6, 6.07) is 9.78. The summed E-state index contributed by atoms with van der Waals surface area (Å²) in [4.78, 5) is 19.5. The van der Waals surface area contributed by atoms with E-state index in [4.69, 9.17) is 14.2 Å². The molecule has 1 fully saturated rings. The van der Waals surface area contributed by atoms with Crippen molar-refractivity contribution in [1.82, 2.24) is 15.0 Å². The molecule has 1 saturated heterocycles. The summed E-state index contributed by atoms with van der Waals surface area (Å²) >= 11 is 0. The fourth-order valence-electron chi connectivity index (χ4n) is 4.53. The van der Waals surface area contributed by atoms with E-state index in [-0.39, 0.29) is 12.1 Å². The van der Waals surface area contributed by atoms with Gasteiger partial charge in [0.2, 0.25) is 5.89 Å². The first kappa shape index (κ1) is 23.5. The minimum Gasteiger partial charge on any atom is -0.460 e. The zero-order chi connectivity index (χ0) is 22.1. The second-order valence-electron chi connectivity index (χ2n) is 8.71. The summed E-state index contributed by atoms with van der Waals surface area (Å²) < 4.78 is 11.5.